The van der Waals surface area contributed by atoms with E-state index in [0.29, 0.717) is 6.04 Å². The van der Waals surface area contributed by atoms with Crippen LogP contribution in [0.25, 0.3) is 0 Å². The number of nitrogens with zero attached hydrogens (tertiary/aromatic N) is 2. The van der Waals surface area contributed by atoms with E-state index in [1.54, 1.807) is 0 Å². The van der Waals surface area contributed by atoms with Crippen LogP contribution in [-0.4, -0.2) is 23.6 Å². The standard InChI is InChI=1S/C14H23N3/c1-4-17(11(2)3)14-8-5-12(10-16-14)9-15-13-6-7-13/h5,8,10-11,13,15H,4,6-7,9H2,1-3H3. The molecule has 3 heteroatoms. The number of aromatic nitrogens is 1. The van der Waals surface area contributed by atoms with Crippen molar-refractivity contribution in [3.63, 3.8) is 0 Å². The molecule has 3 nitrogen and oxygen atoms in total. The summed E-state index contributed by atoms with van der Waals surface area (Å²) >= 11 is 0. The minimum Gasteiger partial charge on any atom is -0.354 e. The van der Waals surface area contributed by atoms with Crippen molar-refractivity contribution < 1.29 is 0 Å². The maximum atomic E-state index is 4.56. The molecule has 1 heterocycles. The Bertz CT molecular complexity index is 341. The van der Waals surface area contributed by atoms with E-state index in [9.17, 15) is 0 Å². The second-order valence-electron chi connectivity index (χ2n) is 5.06. The number of hydrogen-bond donors (Lipinski definition) is 1. The average molecular weight is 233 g/mol. The van der Waals surface area contributed by atoms with Gasteiger partial charge in [0, 0.05) is 31.4 Å². The summed E-state index contributed by atoms with van der Waals surface area (Å²) in [5.41, 5.74) is 1.28. The van der Waals surface area contributed by atoms with Crippen molar-refractivity contribution in [1.82, 2.24) is 10.3 Å². The summed E-state index contributed by atoms with van der Waals surface area (Å²) in [5, 5.41) is 3.50. The molecule has 1 aliphatic carbocycles. The second kappa shape index (κ2) is 5.50. The van der Waals surface area contributed by atoms with E-state index in [0.717, 1.165) is 24.9 Å². The highest BCUT2D eigenvalue weighted by molar-refractivity contribution is 5.40. The first-order chi connectivity index (χ1) is 8.20. The van der Waals surface area contributed by atoms with Gasteiger partial charge in [-0.2, -0.15) is 0 Å². The van der Waals surface area contributed by atoms with E-state index < -0.39 is 0 Å². The lowest BCUT2D eigenvalue weighted by Gasteiger charge is -2.26. The monoisotopic (exact) mass is 233 g/mol. The molecular weight excluding hydrogens is 210 g/mol. The number of pyridine rings is 1. The Labute approximate surface area is 104 Å². The minimum absolute atomic E-state index is 0.503. The molecule has 0 atom stereocenters. The Morgan fingerprint density at radius 2 is 2.18 bits per heavy atom. The van der Waals surface area contributed by atoms with Gasteiger partial charge in [0.1, 0.15) is 5.82 Å². The Balaban J connectivity index is 1.95. The number of anilines is 1. The van der Waals surface area contributed by atoms with Crippen LogP contribution in [0.5, 0.6) is 0 Å². The van der Waals surface area contributed by atoms with Gasteiger partial charge in [0.2, 0.25) is 0 Å². The van der Waals surface area contributed by atoms with Gasteiger partial charge >= 0.3 is 0 Å². The average Bonchev–Trinajstić information content (AvgIpc) is 3.12. The Morgan fingerprint density at radius 1 is 1.41 bits per heavy atom. The number of nitrogens with one attached hydrogen (secondary N) is 1. The van der Waals surface area contributed by atoms with E-state index in [1.165, 1.54) is 18.4 Å². The van der Waals surface area contributed by atoms with Crippen LogP contribution in [0.15, 0.2) is 18.3 Å². The Kier molecular flexibility index (Phi) is 4.00. The molecule has 1 aliphatic rings. The Hall–Kier alpha value is -1.09. The van der Waals surface area contributed by atoms with Crippen LogP contribution in [0, 0.1) is 0 Å². The molecule has 0 amide bonds. The van der Waals surface area contributed by atoms with E-state index in [2.05, 4.69) is 48.1 Å². The van der Waals surface area contributed by atoms with E-state index in [-0.39, 0.29) is 0 Å². The Morgan fingerprint density at radius 3 is 2.65 bits per heavy atom. The molecule has 0 saturated heterocycles. The highest BCUT2D eigenvalue weighted by Gasteiger charge is 2.19. The van der Waals surface area contributed by atoms with Gasteiger partial charge in [0.15, 0.2) is 0 Å². The zero-order valence-electron chi connectivity index (χ0n) is 11.1. The van der Waals surface area contributed by atoms with Gasteiger partial charge in [-0.15, -0.1) is 0 Å². The first kappa shape index (κ1) is 12.4. The van der Waals surface area contributed by atoms with E-state index in [4.69, 9.17) is 0 Å². The number of hydrogen-bond acceptors (Lipinski definition) is 3. The van der Waals surface area contributed by atoms with Gasteiger partial charge in [-0.1, -0.05) is 6.07 Å². The van der Waals surface area contributed by atoms with Crippen LogP contribution in [0.3, 0.4) is 0 Å². The molecule has 0 spiro atoms. The van der Waals surface area contributed by atoms with Crippen LogP contribution in [0.1, 0.15) is 39.2 Å². The normalized spacial score (nSPS) is 15.3. The summed E-state index contributed by atoms with van der Waals surface area (Å²) in [6.45, 7) is 8.53. The summed E-state index contributed by atoms with van der Waals surface area (Å²) in [7, 11) is 0. The first-order valence-electron chi connectivity index (χ1n) is 6.65. The molecular formula is C14H23N3. The molecule has 0 aromatic carbocycles. The van der Waals surface area contributed by atoms with Gasteiger partial charge < -0.3 is 10.2 Å². The molecule has 1 aromatic rings. The maximum absolute atomic E-state index is 4.56. The van der Waals surface area contributed by atoms with Crippen molar-refractivity contribution in [3.8, 4) is 0 Å². The third kappa shape index (κ3) is 3.43. The largest absolute Gasteiger partial charge is 0.354 e. The minimum atomic E-state index is 0.503. The molecule has 1 aromatic heterocycles. The van der Waals surface area contributed by atoms with Gasteiger partial charge in [0.05, 0.1) is 0 Å². The summed E-state index contributed by atoms with van der Waals surface area (Å²) < 4.78 is 0. The predicted octanol–water partition coefficient (Wildman–Crippen LogP) is 2.57. The van der Waals surface area contributed by atoms with Crippen molar-refractivity contribution in [2.24, 2.45) is 0 Å². The van der Waals surface area contributed by atoms with Crippen LogP contribution < -0.4 is 10.2 Å². The predicted molar refractivity (Wildman–Crippen MR) is 72.3 cm³/mol. The summed E-state index contributed by atoms with van der Waals surface area (Å²) in [4.78, 5) is 6.86. The quantitative estimate of drug-likeness (QED) is 0.818. The first-order valence-corrected chi connectivity index (χ1v) is 6.65. The van der Waals surface area contributed by atoms with Crippen molar-refractivity contribution in [3.05, 3.63) is 23.9 Å². The topological polar surface area (TPSA) is 28.2 Å². The smallest absolute Gasteiger partial charge is 0.128 e. The number of rotatable bonds is 6. The fraction of sp³-hybridized carbons (Fsp3) is 0.643. The molecule has 0 radical (unpaired) electrons. The zero-order chi connectivity index (χ0) is 12.3. The van der Waals surface area contributed by atoms with Crippen LogP contribution in [0.4, 0.5) is 5.82 Å². The van der Waals surface area contributed by atoms with E-state index >= 15 is 0 Å². The highest BCUT2D eigenvalue weighted by Crippen LogP contribution is 2.19. The molecule has 17 heavy (non-hydrogen) atoms. The van der Waals surface area contributed by atoms with Crippen molar-refractivity contribution in [1.29, 1.82) is 0 Å². The molecule has 1 N–H and O–H groups in total. The molecule has 1 saturated carbocycles. The lowest BCUT2D eigenvalue weighted by Crippen LogP contribution is -2.31. The van der Waals surface area contributed by atoms with Crippen LogP contribution in [0.2, 0.25) is 0 Å². The molecule has 0 aliphatic heterocycles. The lowest BCUT2D eigenvalue weighted by molar-refractivity contribution is 0.679. The van der Waals surface area contributed by atoms with Gasteiger partial charge in [-0.3, -0.25) is 0 Å². The third-order valence-electron chi connectivity index (χ3n) is 3.24. The van der Waals surface area contributed by atoms with Gasteiger partial charge in [-0.05, 0) is 45.2 Å². The lowest BCUT2D eigenvalue weighted by atomic mass is 10.2. The third-order valence-corrected chi connectivity index (χ3v) is 3.24. The van der Waals surface area contributed by atoms with Crippen LogP contribution >= 0.6 is 0 Å². The van der Waals surface area contributed by atoms with Crippen molar-refractivity contribution >= 4 is 5.82 Å². The van der Waals surface area contributed by atoms with Gasteiger partial charge in [0.25, 0.3) is 0 Å². The SMILES string of the molecule is CCN(c1ccc(CNC2CC2)cn1)C(C)C. The zero-order valence-corrected chi connectivity index (χ0v) is 11.1. The molecule has 94 valence electrons. The van der Waals surface area contributed by atoms with Crippen molar-refractivity contribution in [2.45, 2.75) is 52.2 Å². The summed E-state index contributed by atoms with van der Waals surface area (Å²) in [5.74, 6) is 1.08. The molecule has 0 unspecified atom stereocenters. The molecule has 1 fully saturated rings. The summed E-state index contributed by atoms with van der Waals surface area (Å²) in [6, 6.07) is 5.58. The van der Waals surface area contributed by atoms with Crippen LogP contribution in [-0.2, 0) is 6.54 Å². The highest BCUT2D eigenvalue weighted by atomic mass is 15.2. The summed E-state index contributed by atoms with van der Waals surface area (Å²) in [6.07, 6.45) is 4.67. The maximum Gasteiger partial charge on any atom is 0.128 e. The van der Waals surface area contributed by atoms with E-state index in [1.807, 2.05) is 6.20 Å². The molecule has 2 rings (SSSR count). The molecule has 0 bridgehead atoms. The fourth-order valence-electron chi connectivity index (χ4n) is 2.03. The fourth-order valence-corrected chi connectivity index (χ4v) is 2.03. The van der Waals surface area contributed by atoms with Gasteiger partial charge in [-0.25, -0.2) is 4.98 Å². The second-order valence-corrected chi connectivity index (χ2v) is 5.06. The van der Waals surface area contributed by atoms with Crippen molar-refractivity contribution in [2.75, 3.05) is 11.4 Å².